The fourth-order valence-electron chi connectivity index (χ4n) is 2.06. The molecule has 2 aromatic rings. The summed E-state index contributed by atoms with van der Waals surface area (Å²) in [5.41, 5.74) is 2.50. The molecule has 0 spiro atoms. The minimum Gasteiger partial charge on any atom is -0.326 e. The molecule has 0 heterocycles. The summed E-state index contributed by atoms with van der Waals surface area (Å²) in [4.78, 5) is 36.0. The number of hydrogen-bond acceptors (Lipinski definition) is 3. The second kappa shape index (κ2) is 7.41. The van der Waals surface area contributed by atoms with Crippen LogP contribution in [0.15, 0.2) is 48.5 Å². The van der Waals surface area contributed by atoms with Crippen molar-refractivity contribution in [3.63, 3.8) is 0 Å². The molecule has 6 heteroatoms. The van der Waals surface area contributed by atoms with Gasteiger partial charge in [-0.1, -0.05) is 0 Å². The summed E-state index contributed by atoms with van der Waals surface area (Å²) in [7, 11) is 1.69. The first-order chi connectivity index (χ1) is 11.4. The van der Waals surface area contributed by atoms with Crippen LogP contribution in [0.1, 0.15) is 24.2 Å². The van der Waals surface area contributed by atoms with Gasteiger partial charge in [-0.25, -0.2) is 0 Å². The van der Waals surface area contributed by atoms with Crippen LogP contribution in [0.25, 0.3) is 0 Å². The zero-order valence-corrected chi connectivity index (χ0v) is 13.8. The summed E-state index contributed by atoms with van der Waals surface area (Å²) >= 11 is 0. The van der Waals surface area contributed by atoms with Crippen LogP contribution in [0, 0.1) is 0 Å². The van der Waals surface area contributed by atoms with E-state index in [4.69, 9.17) is 0 Å². The zero-order chi connectivity index (χ0) is 17.7. The third-order valence-electron chi connectivity index (χ3n) is 3.45. The molecule has 0 bridgehead atoms. The van der Waals surface area contributed by atoms with Crippen LogP contribution in [0.4, 0.5) is 17.1 Å². The molecule has 0 aromatic heterocycles. The Bertz CT molecular complexity index is 752. The average Bonchev–Trinajstić information content (AvgIpc) is 2.55. The molecule has 0 radical (unpaired) electrons. The topological polar surface area (TPSA) is 78.5 Å². The predicted octanol–water partition coefficient (Wildman–Crippen LogP) is 2.88. The van der Waals surface area contributed by atoms with Crippen molar-refractivity contribution in [2.24, 2.45) is 0 Å². The van der Waals surface area contributed by atoms with Crippen molar-refractivity contribution in [2.75, 3.05) is 22.6 Å². The first kappa shape index (κ1) is 17.2. The van der Waals surface area contributed by atoms with E-state index in [1.165, 1.54) is 18.7 Å². The molecule has 24 heavy (non-hydrogen) atoms. The van der Waals surface area contributed by atoms with Gasteiger partial charge in [0.15, 0.2) is 0 Å². The lowest BCUT2D eigenvalue weighted by atomic mass is 10.2. The second-order valence-electron chi connectivity index (χ2n) is 5.34. The number of hydrogen-bond donors (Lipinski definition) is 2. The quantitative estimate of drug-likeness (QED) is 0.907. The fraction of sp³-hybridized carbons (Fsp3) is 0.167. The summed E-state index contributed by atoms with van der Waals surface area (Å²) in [6.45, 7) is 2.91. The van der Waals surface area contributed by atoms with Crippen LogP contribution in [-0.4, -0.2) is 24.8 Å². The first-order valence-corrected chi connectivity index (χ1v) is 7.40. The Morgan fingerprint density at radius 3 is 1.79 bits per heavy atom. The Hall–Kier alpha value is -3.15. The molecule has 0 aliphatic rings. The molecule has 124 valence electrons. The molecular weight excluding hydrogens is 306 g/mol. The second-order valence-corrected chi connectivity index (χ2v) is 5.34. The van der Waals surface area contributed by atoms with Gasteiger partial charge in [0, 0.05) is 43.5 Å². The van der Waals surface area contributed by atoms with Gasteiger partial charge in [0.05, 0.1) is 0 Å². The Kier molecular flexibility index (Phi) is 5.31. The number of rotatable bonds is 4. The van der Waals surface area contributed by atoms with Crippen LogP contribution in [0.3, 0.4) is 0 Å². The lowest BCUT2D eigenvalue weighted by molar-refractivity contribution is -0.116. The lowest BCUT2D eigenvalue weighted by Crippen LogP contribution is -2.22. The highest BCUT2D eigenvalue weighted by molar-refractivity contribution is 6.04. The molecule has 0 atom stereocenters. The van der Waals surface area contributed by atoms with Crippen LogP contribution in [-0.2, 0) is 9.59 Å². The molecule has 2 N–H and O–H groups in total. The van der Waals surface area contributed by atoms with E-state index in [9.17, 15) is 14.4 Å². The zero-order valence-electron chi connectivity index (χ0n) is 13.8. The van der Waals surface area contributed by atoms with Gasteiger partial charge >= 0.3 is 0 Å². The van der Waals surface area contributed by atoms with Crippen LogP contribution in [0.5, 0.6) is 0 Å². The SMILES string of the molecule is CC(=O)Nc1ccc(C(=O)Nc2ccc(N(C)C(C)=O)cc2)cc1. The van der Waals surface area contributed by atoms with Crippen molar-refractivity contribution in [3.05, 3.63) is 54.1 Å². The van der Waals surface area contributed by atoms with Gasteiger partial charge in [0.2, 0.25) is 11.8 Å². The molecule has 0 aliphatic heterocycles. The molecule has 2 rings (SSSR count). The molecule has 0 unspecified atom stereocenters. The Morgan fingerprint density at radius 2 is 1.29 bits per heavy atom. The highest BCUT2D eigenvalue weighted by atomic mass is 16.2. The monoisotopic (exact) mass is 325 g/mol. The molecule has 0 saturated carbocycles. The molecule has 0 saturated heterocycles. The molecule has 3 amide bonds. The number of carbonyl (C=O) groups is 3. The molecule has 2 aromatic carbocycles. The largest absolute Gasteiger partial charge is 0.326 e. The summed E-state index contributed by atoms with van der Waals surface area (Å²) in [6.07, 6.45) is 0. The summed E-state index contributed by atoms with van der Waals surface area (Å²) in [5, 5.41) is 5.43. The number of nitrogens with zero attached hydrogens (tertiary/aromatic N) is 1. The normalized spacial score (nSPS) is 9.96. The van der Waals surface area contributed by atoms with Gasteiger partial charge in [0.1, 0.15) is 0 Å². The van der Waals surface area contributed by atoms with Gasteiger partial charge in [-0.05, 0) is 48.5 Å². The number of nitrogens with one attached hydrogen (secondary N) is 2. The molecule has 0 fully saturated rings. The summed E-state index contributed by atoms with van der Waals surface area (Å²) < 4.78 is 0. The fourth-order valence-corrected chi connectivity index (χ4v) is 2.06. The number of benzene rings is 2. The van der Waals surface area contributed by atoms with Crippen molar-refractivity contribution < 1.29 is 14.4 Å². The third kappa shape index (κ3) is 4.42. The summed E-state index contributed by atoms with van der Waals surface area (Å²) in [5.74, 6) is -0.481. The van der Waals surface area contributed by atoms with Gasteiger partial charge in [-0.3, -0.25) is 14.4 Å². The van der Waals surface area contributed by atoms with E-state index >= 15 is 0 Å². The lowest BCUT2D eigenvalue weighted by Gasteiger charge is -2.15. The predicted molar refractivity (Wildman–Crippen MR) is 94.2 cm³/mol. The first-order valence-electron chi connectivity index (χ1n) is 7.40. The van der Waals surface area contributed by atoms with Gasteiger partial charge in [0.25, 0.3) is 5.91 Å². The van der Waals surface area contributed by atoms with Crippen LogP contribution in [0.2, 0.25) is 0 Å². The Morgan fingerprint density at radius 1 is 0.792 bits per heavy atom. The smallest absolute Gasteiger partial charge is 0.255 e. The number of carbonyl (C=O) groups excluding carboxylic acids is 3. The highest BCUT2D eigenvalue weighted by Crippen LogP contribution is 2.18. The minimum atomic E-state index is -0.253. The molecular formula is C18H19N3O3. The van der Waals surface area contributed by atoms with Gasteiger partial charge < -0.3 is 15.5 Å². The number of anilines is 3. The molecule has 0 aliphatic carbocycles. The average molecular weight is 325 g/mol. The number of amides is 3. The van der Waals surface area contributed by atoms with Crippen LogP contribution < -0.4 is 15.5 Å². The minimum absolute atomic E-state index is 0.0638. The summed E-state index contributed by atoms with van der Waals surface area (Å²) in [6, 6.07) is 13.6. The third-order valence-corrected chi connectivity index (χ3v) is 3.45. The maximum absolute atomic E-state index is 12.2. The van der Waals surface area contributed by atoms with E-state index in [0.717, 1.165) is 5.69 Å². The van der Waals surface area contributed by atoms with Gasteiger partial charge in [-0.15, -0.1) is 0 Å². The van der Waals surface area contributed by atoms with Crippen LogP contribution >= 0.6 is 0 Å². The Labute approximate surface area is 140 Å². The maximum atomic E-state index is 12.2. The maximum Gasteiger partial charge on any atom is 0.255 e. The Balaban J connectivity index is 2.04. The van der Waals surface area contributed by atoms with E-state index < -0.39 is 0 Å². The van der Waals surface area contributed by atoms with Crippen molar-refractivity contribution in [1.82, 2.24) is 0 Å². The van der Waals surface area contributed by atoms with E-state index in [1.54, 1.807) is 55.6 Å². The van der Waals surface area contributed by atoms with Crippen molar-refractivity contribution in [3.8, 4) is 0 Å². The van der Waals surface area contributed by atoms with Gasteiger partial charge in [-0.2, -0.15) is 0 Å². The van der Waals surface area contributed by atoms with E-state index in [0.29, 0.717) is 16.9 Å². The van der Waals surface area contributed by atoms with Crippen molar-refractivity contribution in [1.29, 1.82) is 0 Å². The highest BCUT2D eigenvalue weighted by Gasteiger charge is 2.08. The van der Waals surface area contributed by atoms with Crippen molar-refractivity contribution >= 4 is 34.8 Å². The van der Waals surface area contributed by atoms with E-state index in [2.05, 4.69) is 10.6 Å². The standard InChI is InChI=1S/C18H19N3O3/c1-12(22)19-15-6-4-14(5-7-15)18(24)20-16-8-10-17(11-9-16)21(3)13(2)23/h4-11H,1-3H3,(H,19,22)(H,20,24). The van der Waals surface area contributed by atoms with Crippen molar-refractivity contribution in [2.45, 2.75) is 13.8 Å². The van der Waals surface area contributed by atoms with E-state index in [1.807, 2.05) is 0 Å². The van der Waals surface area contributed by atoms with E-state index in [-0.39, 0.29) is 17.7 Å². The molecule has 6 nitrogen and oxygen atoms in total.